The van der Waals surface area contributed by atoms with Gasteiger partial charge >= 0.3 is 0 Å². The van der Waals surface area contributed by atoms with E-state index < -0.39 is 0 Å². The minimum absolute atomic E-state index is 0.141. The first-order chi connectivity index (χ1) is 14.1. The molecular weight excluding hydrogens is 380 g/mol. The average molecular weight is 415 g/mol. The highest BCUT2D eigenvalue weighted by Gasteiger charge is 2.20. The Morgan fingerprint density at radius 3 is 2.62 bits per heavy atom. The summed E-state index contributed by atoms with van der Waals surface area (Å²) in [6.07, 6.45) is 7.43. The highest BCUT2D eigenvalue weighted by molar-refractivity contribution is 7.09. The van der Waals surface area contributed by atoms with Gasteiger partial charge < -0.3 is 10.1 Å². The molecule has 1 aliphatic carbocycles. The number of nitrogens with zero attached hydrogens (tertiary/aromatic N) is 1. The van der Waals surface area contributed by atoms with Gasteiger partial charge in [0.2, 0.25) is 5.91 Å². The van der Waals surface area contributed by atoms with Crippen LogP contribution in [0.2, 0.25) is 0 Å². The number of benzene rings is 1. The van der Waals surface area contributed by atoms with E-state index in [1.165, 1.54) is 42.5 Å². The van der Waals surface area contributed by atoms with Gasteiger partial charge in [-0.1, -0.05) is 37.5 Å². The fourth-order valence-electron chi connectivity index (χ4n) is 4.07. The van der Waals surface area contributed by atoms with E-state index in [2.05, 4.69) is 46.8 Å². The van der Waals surface area contributed by atoms with Crippen LogP contribution in [0.3, 0.4) is 0 Å². The molecule has 3 rings (SSSR count). The van der Waals surface area contributed by atoms with E-state index in [1.807, 2.05) is 12.1 Å². The van der Waals surface area contributed by atoms with Crippen molar-refractivity contribution in [2.45, 2.75) is 58.0 Å². The summed E-state index contributed by atoms with van der Waals surface area (Å²) < 4.78 is 5.27. The van der Waals surface area contributed by atoms with Crippen LogP contribution in [-0.4, -0.2) is 37.0 Å². The molecule has 1 saturated carbocycles. The van der Waals surface area contributed by atoms with Gasteiger partial charge in [-0.2, -0.15) is 0 Å². The van der Waals surface area contributed by atoms with E-state index in [0.29, 0.717) is 12.5 Å². The minimum atomic E-state index is 0.141. The van der Waals surface area contributed by atoms with Gasteiger partial charge in [0.25, 0.3) is 0 Å². The molecule has 1 aliphatic rings. The van der Waals surface area contributed by atoms with Crippen molar-refractivity contribution in [2.24, 2.45) is 5.92 Å². The van der Waals surface area contributed by atoms with E-state index in [1.54, 1.807) is 18.4 Å². The van der Waals surface area contributed by atoms with Crippen molar-refractivity contribution >= 4 is 17.2 Å². The Hall–Kier alpha value is -1.85. The molecule has 0 saturated heterocycles. The Labute approximate surface area is 179 Å². The normalized spacial score (nSPS) is 16.0. The Bertz CT molecular complexity index is 724. The third-order valence-electron chi connectivity index (χ3n) is 5.90. The van der Waals surface area contributed by atoms with Crippen molar-refractivity contribution in [3.05, 3.63) is 52.2 Å². The molecule has 1 fully saturated rings. The Morgan fingerprint density at radius 2 is 1.97 bits per heavy atom. The van der Waals surface area contributed by atoms with Crippen molar-refractivity contribution in [3.8, 4) is 5.75 Å². The lowest BCUT2D eigenvalue weighted by atomic mass is 9.89. The van der Waals surface area contributed by atoms with Gasteiger partial charge in [-0.05, 0) is 61.2 Å². The van der Waals surface area contributed by atoms with Gasteiger partial charge in [-0.15, -0.1) is 11.3 Å². The zero-order chi connectivity index (χ0) is 20.5. The maximum atomic E-state index is 12.7. The van der Waals surface area contributed by atoms with Crippen molar-refractivity contribution in [2.75, 3.05) is 20.2 Å². The number of nitrogens with one attached hydrogen (secondary N) is 1. The van der Waals surface area contributed by atoms with Gasteiger partial charge in [0.15, 0.2) is 0 Å². The van der Waals surface area contributed by atoms with Crippen molar-refractivity contribution in [1.29, 1.82) is 0 Å². The Balaban J connectivity index is 1.59. The van der Waals surface area contributed by atoms with Gasteiger partial charge in [0, 0.05) is 24.0 Å². The quantitative estimate of drug-likeness (QED) is 0.602. The summed E-state index contributed by atoms with van der Waals surface area (Å²) in [7, 11) is 1.68. The fourth-order valence-corrected chi connectivity index (χ4v) is 4.90. The third kappa shape index (κ3) is 7.16. The number of amides is 1. The second-order valence-corrected chi connectivity index (χ2v) is 9.23. The molecule has 0 bridgehead atoms. The molecule has 5 heteroatoms. The monoisotopic (exact) mass is 414 g/mol. The highest BCUT2D eigenvalue weighted by atomic mass is 32.1. The molecule has 1 heterocycles. The van der Waals surface area contributed by atoms with Crippen LogP contribution in [0.25, 0.3) is 0 Å². The molecule has 0 aliphatic heterocycles. The summed E-state index contributed by atoms with van der Waals surface area (Å²) >= 11 is 1.78. The first-order valence-electron chi connectivity index (χ1n) is 10.8. The van der Waals surface area contributed by atoms with E-state index >= 15 is 0 Å². The average Bonchev–Trinajstić information content (AvgIpc) is 3.26. The number of ether oxygens (including phenoxy) is 1. The lowest BCUT2D eigenvalue weighted by Crippen LogP contribution is -2.43. The van der Waals surface area contributed by atoms with Gasteiger partial charge in [-0.3, -0.25) is 9.69 Å². The molecule has 4 nitrogen and oxygen atoms in total. The van der Waals surface area contributed by atoms with Gasteiger partial charge in [0.05, 0.1) is 13.7 Å². The second kappa shape index (κ2) is 11.4. The number of rotatable bonds is 10. The highest BCUT2D eigenvalue weighted by Crippen LogP contribution is 2.23. The molecule has 1 amide bonds. The number of carbonyl (C=O) groups is 1. The van der Waals surface area contributed by atoms with Crippen LogP contribution >= 0.6 is 11.3 Å². The smallest absolute Gasteiger partial charge is 0.234 e. The van der Waals surface area contributed by atoms with Crippen LogP contribution in [0.5, 0.6) is 5.75 Å². The molecule has 0 spiro atoms. The lowest BCUT2D eigenvalue weighted by molar-refractivity contribution is -0.123. The Morgan fingerprint density at radius 1 is 1.21 bits per heavy atom. The molecule has 1 N–H and O–H groups in total. The summed E-state index contributed by atoms with van der Waals surface area (Å²) in [5.74, 6) is 1.66. The summed E-state index contributed by atoms with van der Waals surface area (Å²) in [5.41, 5.74) is 1.20. The maximum absolute atomic E-state index is 12.7. The van der Waals surface area contributed by atoms with Gasteiger partial charge in [-0.25, -0.2) is 0 Å². The molecule has 2 aromatic rings. The van der Waals surface area contributed by atoms with Crippen LogP contribution in [0.4, 0.5) is 0 Å². The standard InChI is InChI=1S/C24H34N2O2S/c1-19(15-23-9-6-14-29-23)26(17-21-10-12-22(28-2)13-11-21)18-24(27)25-16-20-7-4-3-5-8-20/h6,9-14,19-20H,3-5,7-8,15-18H2,1-2H3,(H,25,27). The zero-order valence-corrected chi connectivity index (χ0v) is 18.5. The third-order valence-corrected chi connectivity index (χ3v) is 6.80. The van der Waals surface area contributed by atoms with E-state index in [4.69, 9.17) is 4.74 Å². The minimum Gasteiger partial charge on any atom is -0.497 e. The van der Waals surface area contributed by atoms with Crippen LogP contribution < -0.4 is 10.1 Å². The molecule has 1 atom stereocenters. The second-order valence-electron chi connectivity index (χ2n) is 8.19. The SMILES string of the molecule is COc1ccc(CN(CC(=O)NCC2CCCCC2)C(C)Cc2cccs2)cc1. The van der Waals surface area contributed by atoms with Crippen LogP contribution in [0, 0.1) is 5.92 Å². The number of thiophene rings is 1. The number of methoxy groups -OCH3 is 1. The summed E-state index contributed by atoms with van der Waals surface area (Å²) in [4.78, 5) is 16.4. The molecule has 0 radical (unpaired) electrons. The van der Waals surface area contributed by atoms with E-state index in [9.17, 15) is 4.79 Å². The fraction of sp³-hybridized carbons (Fsp3) is 0.542. The van der Waals surface area contributed by atoms with E-state index in [-0.39, 0.29) is 11.9 Å². The van der Waals surface area contributed by atoms with Gasteiger partial charge in [0.1, 0.15) is 5.75 Å². The number of hydrogen-bond acceptors (Lipinski definition) is 4. The molecule has 29 heavy (non-hydrogen) atoms. The largest absolute Gasteiger partial charge is 0.497 e. The molecule has 1 aromatic heterocycles. The van der Waals surface area contributed by atoms with Crippen LogP contribution in [0.1, 0.15) is 49.5 Å². The topological polar surface area (TPSA) is 41.6 Å². The molecule has 1 aromatic carbocycles. The Kier molecular flexibility index (Phi) is 8.56. The van der Waals surface area contributed by atoms with Crippen molar-refractivity contribution in [3.63, 3.8) is 0 Å². The van der Waals surface area contributed by atoms with Crippen molar-refractivity contribution in [1.82, 2.24) is 10.2 Å². The van der Waals surface area contributed by atoms with Crippen molar-refractivity contribution < 1.29 is 9.53 Å². The predicted molar refractivity (Wildman–Crippen MR) is 120 cm³/mol. The zero-order valence-electron chi connectivity index (χ0n) is 17.7. The molecule has 158 valence electrons. The lowest BCUT2D eigenvalue weighted by Gasteiger charge is -2.29. The first kappa shape index (κ1) is 21.8. The predicted octanol–water partition coefficient (Wildman–Crippen LogP) is 4.89. The van der Waals surface area contributed by atoms with Crippen LogP contribution in [-0.2, 0) is 17.8 Å². The van der Waals surface area contributed by atoms with E-state index in [0.717, 1.165) is 25.3 Å². The summed E-state index contributed by atoms with van der Waals surface area (Å²) in [6, 6.07) is 12.7. The number of hydrogen-bond donors (Lipinski definition) is 1. The number of carbonyl (C=O) groups excluding carboxylic acids is 1. The maximum Gasteiger partial charge on any atom is 0.234 e. The summed E-state index contributed by atoms with van der Waals surface area (Å²) in [5, 5.41) is 5.32. The van der Waals surface area contributed by atoms with Crippen LogP contribution in [0.15, 0.2) is 41.8 Å². The summed E-state index contributed by atoms with van der Waals surface area (Å²) in [6.45, 7) is 4.24. The molecule has 1 unspecified atom stereocenters. The molecular formula is C24H34N2O2S. The first-order valence-corrected chi connectivity index (χ1v) is 11.7.